The van der Waals surface area contributed by atoms with E-state index in [1.165, 1.54) is 5.56 Å². The topological polar surface area (TPSA) is 67.4 Å². The second-order valence-corrected chi connectivity index (χ2v) is 12.8. The van der Waals surface area contributed by atoms with Crippen LogP contribution in [0.25, 0.3) is 0 Å². The Labute approximate surface area is 221 Å². The fourth-order valence-electron chi connectivity index (χ4n) is 5.20. The van der Waals surface area contributed by atoms with Crippen LogP contribution in [-0.4, -0.2) is 26.0 Å². The van der Waals surface area contributed by atoms with E-state index in [0.717, 1.165) is 40.5 Å². The van der Waals surface area contributed by atoms with Gasteiger partial charge in [0.1, 0.15) is 11.9 Å². The molecule has 3 atom stereocenters. The first-order valence-electron chi connectivity index (χ1n) is 12.1. The summed E-state index contributed by atoms with van der Waals surface area (Å²) in [6.45, 7) is 1.88. The van der Waals surface area contributed by atoms with Crippen molar-refractivity contribution in [2.45, 2.75) is 36.3 Å². The molecule has 8 heteroatoms. The number of aryl methyl sites for hydroxylation is 1. The van der Waals surface area contributed by atoms with Crippen molar-refractivity contribution in [2.24, 2.45) is 5.92 Å². The number of thioether (sulfide) groups is 1. The number of halogens is 1. The molecule has 6 rings (SSSR count). The van der Waals surface area contributed by atoms with Crippen molar-refractivity contribution >= 4 is 44.8 Å². The zero-order chi connectivity index (χ0) is 24.9. The summed E-state index contributed by atoms with van der Waals surface area (Å²) in [5.41, 5.74) is 4.51. The van der Waals surface area contributed by atoms with Crippen molar-refractivity contribution < 1.29 is 13.2 Å². The molecule has 0 unspecified atom stereocenters. The summed E-state index contributed by atoms with van der Waals surface area (Å²) in [4.78, 5) is 0.242. The van der Waals surface area contributed by atoms with Crippen LogP contribution >= 0.6 is 23.4 Å². The van der Waals surface area contributed by atoms with E-state index >= 15 is 0 Å². The van der Waals surface area contributed by atoms with E-state index in [1.807, 2.05) is 30.8 Å². The molecule has 3 aromatic rings. The first kappa shape index (κ1) is 23.8. The Morgan fingerprint density at radius 2 is 1.94 bits per heavy atom. The van der Waals surface area contributed by atoms with Gasteiger partial charge in [0.25, 0.3) is 10.0 Å². The number of hydrogen-bond donors (Lipinski definition) is 2. The maximum atomic E-state index is 13.2. The van der Waals surface area contributed by atoms with E-state index < -0.39 is 10.0 Å². The smallest absolute Gasteiger partial charge is 0.261 e. The summed E-state index contributed by atoms with van der Waals surface area (Å²) in [5, 5.41) is 4.23. The number of fused-ring (bicyclic) bond motifs is 3. The minimum absolute atomic E-state index is 0.118. The molecule has 1 aliphatic carbocycles. The van der Waals surface area contributed by atoms with Gasteiger partial charge in [-0.1, -0.05) is 42.0 Å². The van der Waals surface area contributed by atoms with Gasteiger partial charge in [0.2, 0.25) is 0 Å². The summed E-state index contributed by atoms with van der Waals surface area (Å²) in [6.07, 6.45) is 5.66. The van der Waals surface area contributed by atoms with E-state index in [9.17, 15) is 8.42 Å². The molecular formula is C28H27ClN2O3S2. The average molecular weight is 539 g/mol. The molecule has 0 radical (unpaired) electrons. The van der Waals surface area contributed by atoms with Crippen molar-refractivity contribution in [3.63, 3.8) is 0 Å². The summed E-state index contributed by atoms with van der Waals surface area (Å²) >= 11 is 8.10. The van der Waals surface area contributed by atoms with Crippen molar-refractivity contribution in [1.82, 2.24) is 0 Å². The van der Waals surface area contributed by atoms with Crippen LogP contribution in [0.3, 0.4) is 0 Å². The van der Waals surface area contributed by atoms with Crippen molar-refractivity contribution in [3.05, 3.63) is 94.5 Å². The van der Waals surface area contributed by atoms with E-state index in [0.29, 0.717) is 22.7 Å². The van der Waals surface area contributed by atoms with Crippen molar-refractivity contribution in [2.75, 3.05) is 21.5 Å². The van der Waals surface area contributed by atoms with Gasteiger partial charge in [0, 0.05) is 28.1 Å². The zero-order valence-corrected chi connectivity index (χ0v) is 22.2. The number of hydrogen-bond acceptors (Lipinski definition) is 5. The number of rotatable bonds is 6. The van der Waals surface area contributed by atoms with Gasteiger partial charge < -0.3 is 10.1 Å². The molecule has 0 saturated carbocycles. The maximum absolute atomic E-state index is 13.2. The molecule has 0 spiro atoms. The number of nitrogens with one attached hydrogen (secondary N) is 2. The molecule has 36 heavy (non-hydrogen) atoms. The summed E-state index contributed by atoms with van der Waals surface area (Å²) in [7, 11) is -3.76. The predicted molar refractivity (Wildman–Crippen MR) is 148 cm³/mol. The van der Waals surface area contributed by atoms with Gasteiger partial charge in [-0.25, -0.2) is 8.42 Å². The monoisotopic (exact) mass is 538 g/mol. The lowest BCUT2D eigenvalue weighted by atomic mass is 9.77. The van der Waals surface area contributed by atoms with Crippen LogP contribution < -0.4 is 14.8 Å². The Balaban J connectivity index is 1.28. The molecule has 0 aromatic heterocycles. The molecule has 0 amide bonds. The highest BCUT2D eigenvalue weighted by molar-refractivity contribution is 8.00. The van der Waals surface area contributed by atoms with Crippen LogP contribution in [0.2, 0.25) is 5.02 Å². The third-order valence-corrected chi connectivity index (χ3v) is 10.2. The Kier molecular flexibility index (Phi) is 6.18. The molecular weight excluding hydrogens is 512 g/mol. The normalized spacial score (nSPS) is 22.8. The summed E-state index contributed by atoms with van der Waals surface area (Å²) < 4.78 is 35.2. The number of ether oxygens (including phenoxy) is 1. The highest BCUT2D eigenvalue weighted by atomic mass is 35.5. The van der Waals surface area contributed by atoms with Crippen LogP contribution in [0.4, 0.5) is 11.4 Å². The Hall–Kier alpha value is -2.61. The minimum Gasteiger partial charge on any atom is -0.489 e. The first-order chi connectivity index (χ1) is 17.4. The van der Waals surface area contributed by atoms with E-state index in [1.54, 1.807) is 30.3 Å². The van der Waals surface area contributed by atoms with Gasteiger partial charge in [-0.15, -0.1) is 0 Å². The lowest BCUT2D eigenvalue weighted by molar-refractivity contribution is 0.240. The second-order valence-electron chi connectivity index (χ2n) is 9.64. The van der Waals surface area contributed by atoms with Gasteiger partial charge in [-0.05, 0) is 78.4 Å². The summed E-state index contributed by atoms with van der Waals surface area (Å²) in [6, 6.07) is 19.0. The quantitative estimate of drug-likeness (QED) is 0.339. The van der Waals surface area contributed by atoms with E-state index in [-0.39, 0.29) is 16.9 Å². The number of benzene rings is 3. The lowest BCUT2D eigenvalue weighted by Gasteiger charge is -2.38. The maximum Gasteiger partial charge on any atom is 0.261 e. The Bertz CT molecular complexity index is 1450. The van der Waals surface area contributed by atoms with E-state index in [4.69, 9.17) is 16.3 Å². The molecule has 2 N–H and O–H groups in total. The molecule has 1 saturated heterocycles. The average Bonchev–Trinajstić information content (AvgIpc) is 3.33. The fraction of sp³-hybridized carbons (Fsp3) is 0.286. The van der Waals surface area contributed by atoms with Gasteiger partial charge in [-0.3, -0.25) is 4.72 Å². The summed E-state index contributed by atoms with van der Waals surface area (Å²) in [5.74, 6) is 3.45. The Morgan fingerprint density at radius 3 is 2.72 bits per heavy atom. The minimum atomic E-state index is -3.76. The van der Waals surface area contributed by atoms with Gasteiger partial charge in [0.05, 0.1) is 16.6 Å². The molecule has 3 aliphatic rings. The highest BCUT2D eigenvalue weighted by Gasteiger charge is 2.38. The molecule has 1 fully saturated rings. The molecule has 5 nitrogen and oxygen atoms in total. The van der Waals surface area contributed by atoms with Gasteiger partial charge >= 0.3 is 0 Å². The van der Waals surface area contributed by atoms with Crippen LogP contribution in [0, 0.1) is 12.8 Å². The third-order valence-electron chi connectivity index (χ3n) is 7.20. The molecule has 3 aromatic carbocycles. The number of anilines is 2. The number of allylic oxidation sites excluding steroid dienone is 2. The number of sulfonamides is 1. The van der Waals surface area contributed by atoms with Crippen LogP contribution in [-0.2, 0) is 10.0 Å². The van der Waals surface area contributed by atoms with E-state index in [2.05, 4.69) is 40.4 Å². The SMILES string of the molecule is Cc1ccc(NS(=O)(=O)c2ccc3c(c2)[C@H]2C=CC[C@H]2[C@@H](c2cccc(OC4CSC4)c2)N3)cc1Cl. The largest absolute Gasteiger partial charge is 0.489 e. The predicted octanol–water partition coefficient (Wildman–Crippen LogP) is 6.77. The molecule has 2 aliphatic heterocycles. The standard InChI is InChI=1S/C28H27ClN2O3S2/c1-17-8-9-19(13-26(17)29)31-36(32,33)22-10-11-27-25(14-22)23-6-3-7-24(23)28(30-27)18-4-2-5-20(12-18)34-21-15-35-16-21/h2-6,8-14,21,23-24,28,30-31H,7,15-16H2,1H3/t23-,24+,28+/m0/s1. The first-order valence-corrected chi connectivity index (χ1v) is 15.1. The fourth-order valence-corrected chi connectivity index (χ4v) is 7.03. The molecule has 186 valence electrons. The van der Waals surface area contributed by atoms with Crippen LogP contribution in [0.1, 0.15) is 35.1 Å². The highest BCUT2D eigenvalue weighted by Crippen LogP contribution is 2.50. The lowest BCUT2D eigenvalue weighted by Crippen LogP contribution is -2.31. The van der Waals surface area contributed by atoms with Crippen molar-refractivity contribution in [3.8, 4) is 5.75 Å². The van der Waals surface area contributed by atoms with Gasteiger partial charge in [-0.2, -0.15) is 11.8 Å². The third kappa shape index (κ3) is 4.49. The van der Waals surface area contributed by atoms with Crippen LogP contribution in [0.15, 0.2) is 77.7 Å². The zero-order valence-electron chi connectivity index (χ0n) is 19.8. The molecule has 2 heterocycles. The second kappa shape index (κ2) is 9.36. The molecule has 0 bridgehead atoms. The van der Waals surface area contributed by atoms with Crippen LogP contribution in [0.5, 0.6) is 5.75 Å². The van der Waals surface area contributed by atoms with Crippen molar-refractivity contribution in [1.29, 1.82) is 0 Å². The Morgan fingerprint density at radius 1 is 1.08 bits per heavy atom. The van der Waals surface area contributed by atoms with Gasteiger partial charge in [0.15, 0.2) is 0 Å².